The number of hydrogen-bond acceptors (Lipinski definition) is 10. The first-order valence-corrected chi connectivity index (χ1v) is 21.9. The molecule has 0 saturated carbocycles. The monoisotopic (exact) mass is 913 g/mol. The molecule has 22 heteroatoms. The fourth-order valence-electron chi connectivity index (χ4n) is 5.78. The summed E-state index contributed by atoms with van der Waals surface area (Å²) in [5.74, 6) is 20.6. The third kappa shape index (κ3) is 47.5. The predicted octanol–water partition coefficient (Wildman–Crippen LogP) is -6.50. The van der Waals surface area contributed by atoms with Crippen LogP contribution >= 0.6 is 0 Å². The lowest BCUT2D eigenvalue weighted by atomic mass is 9.97. The molecule has 0 aromatic rings. The molecule has 0 aliphatic carbocycles. The number of allylic oxidation sites excluding steroid dienone is 2. The maximum Gasteiger partial charge on any atom is 0.243 e. The Kier molecular flexibility index (Phi) is 47.7. The number of nitrogens with one attached hydrogen (secondary N) is 8. The zero-order valence-corrected chi connectivity index (χ0v) is 39.2. The number of carbonyl (C=O) groups is 6. The van der Waals surface area contributed by atoms with Crippen LogP contribution in [0.4, 0.5) is 0 Å². The van der Waals surface area contributed by atoms with Crippen molar-refractivity contribution in [2.75, 3.05) is 14.1 Å². The average molecular weight is 913 g/mol. The minimum atomic E-state index is -0.571. The van der Waals surface area contributed by atoms with Crippen LogP contribution in [0.1, 0.15) is 142 Å². The van der Waals surface area contributed by atoms with Gasteiger partial charge in [0.1, 0.15) is 37.5 Å². The molecule has 0 aliphatic rings. The maximum atomic E-state index is 10.8. The van der Waals surface area contributed by atoms with Gasteiger partial charge in [0.2, 0.25) is 47.0 Å². The van der Waals surface area contributed by atoms with Crippen molar-refractivity contribution in [3.8, 4) is 0 Å². The highest BCUT2D eigenvalue weighted by atomic mass is 16.2. The van der Waals surface area contributed by atoms with Crippen LogP contribution in [0.25, 0.3) is 0 Å². The van der Waals surface area contributed by atoms with Gasteiger partial charge in [-0.25, -0.2) is 23.4 Å². The highest BCUT2D eigenvalue weighted by molar-refractivity contribution is 5.96. The fraction of sp³-hybridized carbons (Fsp3) is 0.667. The lowest BCUT2D eigenvalue weighted by molar-refractivity contribution is -0.506. The Bertz CT molecular complexity index is 1290. The Balaban J connectivity index is -0.000000409. The van der Waals surface area contributed by atoms with Crippen LogP contribution in [-0.4, -0.2) is 85.7 Å². The van der Waals surface area contributed by atoms with Crippen LogP contribution in [0.3, 0.4) is 0 Å². The van der Waals surface area contributed by atoms with E-state index in [2.05, 4.69) is 70.3 Å². The summed E-state index contributed by atoms with van der Waals surface area (Å²) in [5.41, 5.74) is 30.7. The molecule has 0 bridgehead atoms. The first-order valence-electron chi connectivity index (χ1n) is 21.9. The fourth-order valence-corrected chi connectivity index (χ4v) is 5.78. The number of aldehydes is 2. The third-order valence-electron chi connectivity index (χ3n) is 9.27. The molecule has 0 heterocycles. The third-order valence-corrected chi connectivity index (χ3v) is 9.27. The topological polar surface area (TPSA) is 415 Å². The van der Waals surface area contributed by atoms with Crippen molar-refractivity contribution in [2.45, 2.75) is 154 Å². The molecular formula is C42H88N16O6+4. The van der Waals surface area contributed by atoms with Gasteiger partial charge in [-0.15, -0.1) is 13.2 Å². The summed E-state index contributed by atoms with van der Waals surface area (Å²) >= 11 is 0. The second-order valence-electron chi connectivity index (χ2n) is 15.3. The number of carbonyl (C=O) groups excluding carboxylic acids is 6. The second-order valence-corrected chi connectivity index (χ2v) is 15.3. The number of unbranched alkanes of at least 4 members (excludes halogenated alkanes) is 6. The van der Waals surface area contributed by atoms with Gasteiger partial charge in [-0.1, -0.05) is 51.7 Å². The maximum absolute atomic E-state index is 10.8. The second kappa shape index (κ2) is 46.9. The van der Waals surface area contributed by atoms with Gasteiger partial charge < -0.3 is 9.59 Å². The van der Waals surface area contributed by atoms with E-state index in [4.69, 9.17) is 22.9 Å². The Hall–Kier alpha value is -5.58. The standard InChI is InChI=1S/2C18H34N4O.2C3H8N4O2/c2*1-4-9-15(2)14-16(12-13-23)22-18(20)11-8-6-5-7-10-17(19)21-3;2*4-6-2(8)1-3(9)7-5/h2*4,13,15-16H,1,5-12,14H2,2-3H3,(H2,19,21)(H2,20,22);2*1,4-5H2,(H,6,8)(H,7,9)/p+4. The van der Waals surface area contributed by atoms with Crippen molar-refractivity contribution in [1.82, 2.24) is 21.7 Å². The molecule has 4 atom stereocenters. The summed E-state index contributed by atoms with van der Waals surface area (Å²) in [6.07, 6.45) is 22.4. The lowest BCUT2D eigenvalue weighted by Crippen LogP contribution is -2.81. The summed E-state index contributed by atoms with van der Waals surface area (Å²) in [6.45, 7) is 11.9. The molecule has 0 saturated heterocycles. The molecule has 0 aromatic carbocycles. The highest BCUT2D eigenvalue weighted by Gasteiger charge is 2.16. The van der Waals surface area contributed by atoms with Crippen LogP contribution in [0, 0.1) is 11.8 Å². The van der Waals surface area contributed by atoms with E-state index in [1.165, 1.54) is 0 Å². The van der Waals surface area contributed by atoms with Crippen LogP contribution in [0.2, 0.25) is 0 Å². The van der Waals surface area contributed by atoms with Gasteiger partial charge >= 0.3 is 0 Å². The van der Waals surface area contributed by atoms with E-state index in [-0.39, 0.29) is 24.9 Å². The van der Waals surface area contributed by atoms with E-state index in [0.29, 0.717) is 24.7 Å². The minimum absolute atomic E-state index is 0.132. The normalized spacial score (nSPS) is 13.2. The van der Waals surface area contributed by atoms with Gasteiger partial charge in [-0.05, 0) is 63.2 Å². The van der Waals surface area contributed by atoms with E-state index >= 15 is 0 Å². The van der Waals surface area contributed by atoms with Crippen molar-refractivity contribution in [2.24, 2.45) is 58.1 Å². The van der Waals surface area contributed by atoms with E-state index < -0.39 is 23.6 Å². The number of rotatable bonds is 32. The summed E-state index contributed by atoms with van der Waals surface area (Å²) in [7, 11) is 3.70. The quantitative estimate of drug-likeness (QED) is 0.00344. The van der Waals surface area contributed by atoms with Crippen LogP contribution in [0.15, 0.2) is 25.3 Å². The van der Waals surface area contributed by atoms with E-state index in [0.717, 1.165) is 139 Å². The summed E-state index contributed by atoms with van der Waals surface area (Å²) in [4.78, 5) is 75.1. The number of nitrogens with two attached hydrogens (primary N) is 8. The minimum Gasteiger partial charge on any atom is -0.303 e. The van der Waals surface area contributed by atoms with Crippen molar-refractivity contribution < 1.29 is 48.7 Å². The Morgan fingerprint density at radius 1 is 0.484 bits per heavy atom. The molecule has 22 nitrogen and oxygen atoms in total. The first-order chi connectivity index (χ1) is 30.5. The summed E-state index contributed by atoms with van der Waals surface area (Å²) < 4.78 is 0. The van der Waals surface area contributed by atoms with E-state index in [1.54, 1.807) is 21.7 Å². The van der Waals surface area contributed by atoms with Crippen molar-refractivity contribution in [3.05, 3.63) is 25.3 Å². The number of hydrogen-bond donors (Lipinski definition) is 16. The summed E-state index contributed by atoms with van der Waals surface area (Å²) in [6, 6.07) is 0.264. The zero-order valence-electron chi connectivity index (χ0n) is 39.2. The molecule has 0 spiro atoms. The van der Waals surface area contributed by atoms with Crippen LogP contribution in [0.5, 0.6) is 0 Å². The Morgan fingerprint density at radius 3 is 0.969 bits per heavy atom. The molecular weight excluding hydrogens is 825 g/mol. The molecule has 4 unspecified atom stereocenters. The number of amidine groups is 4. The Labute approximate surface area is 381 Å². The van der Waals surface area contributed by atoms with Gasteiger partial charge in [-0.3, -0.25) is 83.8 Å². The molecule has 4 amide bonds. The molecule has 0 fully saturated rings. The van der Waals surface area contributed by atoms with Gasteiger partial charge in [0, 0.05) is 38.5 Å². The zero-order chi connectivity index (χ0) is 49.6. The van der Waals surface area contributed by atoms with E-state index in [1.807, 2.05) is 26.2 Å². The molecule has 0 aliphatic heterocycles. The molecule has 24 N–H and O–H groups in total. The van der Waals surface area contributed by atoms with E-state index in [9.17, 15) is 28.8 Å². The molecule has 0 radical (unpaired) electrons. The van der Waals surface area contributed by atoms with Gasteiger partial charge in [-0.2, -0.15) is 0 Å². The molecule has 368 valence electrons. The molecule has 0 rings (SSSR count). The van der Waals surface area contributed by atoms with Crippen molar-refractivity contribution >= 4 is 59.5 Å². The largest absolute Gasteiger partial charge is 0.303 e. The van der Waals surface area contributed by atoms with Gasteiger partial charge in [0.15, 0.2) is 0 Å². The molecule has 0 aromatic heterocycles. The molecule has 64 heavy (non-hydrogen) atoms. The average Bonchev–Trinajstić information content (AvgIpc) is 3.26. The number of amides is 4. The van der Waals surface area contributed by atoms with Gasteiger partial charge in [0.25, 0.3) is 0 Å². The smallest absolute Gasteiger partial charge is 0.243 e. The van der Waals surface area contributed by atoms with Crippen molar-refractivity contribution in [1.29, 1.82) is 0 Å². The van der Waals surface area contributed by atoms with Crippen LogP contribution < -0.4 is 88.0 Å². The van der Waals surface area contributed by atoms with Gasteiger partial charge in [0.05, 0.1) is 14.1 Å². The number of hydrazine groups is 4. The summed E-state index contributed by atoms with van der Waals surface area (Å²) in [5, 5.41) is 0. The first kappa shape index (κ1) is 65.0. The highest BCUT2D eigenvalue weighted by Crippen LogP contribution is 2.11. The van der Waals surface area contributed by atoms with Crippen molar-refractivity contribution in [3.63, 3.8) is 0 Å². The predicted molar refractivity (Wildman–Crippen MR) is 253 cm³/mol. The van der Waals surface area contributed by atoms with Crippen LogP contribution in [-0.2, 0) is 28.8 Å². The Morgan fingerprint density at radius 2 is 0.750 bits per heavy atom. The lowest BCUT2D eigenvalue weighted by Gasteiger charge is -2.13. The SMILES string of the molecule is C=CCC(C)CC(CC=O)[NH+]=C(N)CCCCCCC(N)=[NH+]C.C=CCC(C)CC(CC=O)[NH+]=C(N)CCCCCCC(N)=[NH+]C.NNC(=O)CC(=O)NN.NNC(=O)CC(=O)NN.